The fourth-order valence-electron chi connectivity index (χ4n) is 1.30. The van der Waals surface area contributed by atoms with Gasteiger partial charge >= 0.3 is 12.1 Å². The predicted molar refractivity (Wildman–Crippen MR) is 59.7 cm³/mol. The molecule has 0 N–H and O–H groups in total. The Morgan fingerprint density at radius 1 is 1.39 bits per heavy atom. The molecule has 0 aliphatic heterocycles. The van der Waals surface area contributed by atoms with E-state index in [4.69, 9.17) is 0 Å². The Kier molecular flexibility index (Phi) is 4.38. The van der Waals surface area contributed by atoms with Crippen LogP contribution in [0.2, 0.25) is 0 Å². The summed E-state index contributed by atoms with van der Waals surface area (Å²) >= 11 is 0. The first-order valence-electron chi connectivity index (χ1n) is 5.21. The molecule has 2 nitrogen and oxygen atoms in total. The van der Waals surface area contributed by atoms with E-state index in [1.54, 1.807) is 6.92 Å². The number of hydrogen-bond donors (Lipinski definition) is 0. The van der Waals surface area contributed by atoms with E-state index in [9.17, 15) is 18.0 Å². The summed E-state index contributed by atoms with van der Waals surface area (Å²) < 4.78 is 42.4. The minimum atomic E-state index is -4.42. The van der Waals surface area contributed by atoms with E-state index in [2.05, 4.69) is 16.6 Å². The number of aryl methyl sites for hydroxylation is 1. The van der Waals surface area contributed by atoms with Crippen molar-refractivity contribution in [1.29, 1.82) is 0 Å². The lowest BCUT2D eigenvalue weighted by molar-refractivity contribution is -0.138. The Morgan fingerprint density at radius 2 is 2.06 bits per heavy atom. The maximum absolute atomic E-state index is 12.6. The molecule has 0 atom stereocenters. The summed E-state index contributed by atoms with van der Waals surface area (Å²) in [6.07, 6.45) is -4.42. The highest BCUT2D eigenvalue weighted by atomic mass is 19.4. The summed E-state index contributed by atoms with van der Waals surface area (Å²) in [7, 11) is 0. The van der Waals surface area contributed by atoms with Crippen molar-refractivity contribution in [1.82, 2.24) is 0 Å². The van der Waals surface area contributed by atoms with Crippen LogP contribution in [0.1, 0.15) is 23.6 Å². The molecule has 0 unspecified atom stereocenters. The molecule has 5 heteroatoms. The lowest BCUT2D eigenvalue weighted by Crippen LogP contribution is -2.07. The summed E-state index contributed by atoms with van der Waals surface area (Å²) in [5, 5.41) is 0. The van der Waals surface area contributed by atoms with Gasteiger partial charge in [0.15, 0.2) is 0 Å². The molecular weight excluding hydrogens is 245 g/mol. The topological polar surface area (TPSA) is 26.3 Å². The fraction of sp³-hybridized carbons (Fsp3) is 0.308. The molecular formula is C13H11F3O2. The lowest BCUT2D eigenvalue weighted by atomic mass is 10.0. The van der Waals surface area contributed by atoms with Gasteiger partial charge in [0.05, 0.1) is 12.2 Å². The second kappa shape index (κ2) is 5.58. The molecule has 0 radical (unpaired) electrons. The minimum absolute atomic E-state index is 0.115. The van der Waals surface area contributed by atoms with Crippen molar-refractivity contribution in [3.8, 4) is 11.8 Å². The van der Waals surface area contributed by atoms with Crippen LogP contribution in [-0.4, -0.2) is 12.6 Å². The lowest BCUT2D eigenvalue weighted by Gasteiger charge is -2.09. The van der Waals surface area contributed by atoms with Gasteiger partial charge in [-0.2, -0.15) is 13.2 Å². The Hall–Kier alpha value is -1.96. The van der Waals surface area contributed by atoms with Crippen LogP contribution in [0, 0.1) is 18.8 Å². The average molecular weight is 256 g/mol. The van der Waals surface area contributed by atoms with E-state index in [0.717, 1.165) is 6.07 Å². The van der Waals surface area contributed by atoms with Crippen molar-refractivity contribution in [3.05, 3.63) is 34.9 Å². The van der Waals surface area contributed by atoms with Gasteiger partial charge in [0.25, 0.3) is 0 Å². The molecule has 0 saturated carbocycles. The highest BCUT2D eigenvalue weighted by Crippen LogP contribution is 2.32. The van der Waals surface area contributed by atoms with Crippen LogP contribution in [0.3, 0.4) is 0 Å². The van der Waals surface area contributed by atoms with Crippen molar-refractivity contribution in [3.63, 3.8) is 0 Å². The molecule has 0 amide bonds. The van der Waals surface area contributed by atoms with E-state index in [1.165, 1.54) is 19.1 Å². The van der Waals surface area contributed by atoms with Crippen molar-refractivity contribution in [2.45, 2.75) is 20.0 Å². The first-order chi connectivity index (χ1) is 8.34. The van der Waals surface area contributed by atoms with Gasteiger partial charge in [0.1, 0.15) is 0 Å². The maximum atomic E-state index is 12.6. The van der Waals surface area contributed by atoms with Crippen LogP contribution < -0.4 is 0 Å². The van der Waals surface area contributed by atoms with Crippen LogP contribution in [-0.2, 0) is 15.7 Å². The molecule has 1 aromatic carbocycles. The van der Waals surface area contributed by atoms with Gasteiger partial charge < -0.3 is 4.74 Å². The quantitative estimate of drug-likeness (QED) is 0.570. The summed E-state index contributed by atoms with van der Waals surface area (Å²) in [5.74, 6) is 3.71. The third-order valence-corrected chi connectivity index (χ3v) is 2.13. The van der Waals surface area contributed by atoms with Crippen LogP contribution >= 0.6 is 0 Å². The highest BCUT2D eigenvalue weighted by Gasteiger charge is 2.32. The summed E-state index contributed by atoms with van der Waals surface area (Å²) in [5.41, 5.74) is -0.511. The zero-order valence-electron chi connectivity index (χ0n) is 9.89. The largest absolute Gasteiger partial charge is 0.456 e. The molecule has 0 bridgehead atoms. The predicted octanol–water partition coefficient (Wildman–Crippen LogP) is 2.93. The molecule has 0 heterocycles. The Labute approximate surface area is 103 Å². The second-order valence-electron chi connectivity index (χ2n) is 3.50. The molecule has 0 aliphatic carbocycles. The minimum Gasteiger partial charge on any atom is -0.456 e. The Morgan fingerprint density at radius 3 is 2.61 bits per heavy atom. The van der Waals surface area contributed by atoms with E-state index in [1.807, 2.05) is 0 Å². The number of benzene rings is 1. The molecule has 0 saturated heterocycles. The number of carbonyl (C=O) groups excluding carboxylic acids is 1. The van der Waals surface area contributed by atoms with Crippen LogP contribution in [0.15, 0.2) is 18.2 Å². The number of hydrogen-bond acceptors (Lipinski definition) is 2. The highest BCUT2D eigenvalue weighted by molar-refractivity contribution is 5.89. The summed E-state index contributed by atoms with van der Waals surface area (Å²) in [6, 6.07) is 3.66. The summed E-state index contributed by atoms with van der Waals surface area (Å²) in [6.45, 7) is 3.16. The van der Waals surface area contributed by atoms with Gasteiger partial charge in [-0.05, 0) is 31.5 Å². The summed E-state index contributed by atoms with van der Waals surface area (Å²) in [4.78, 5) is 10.9. The first kappa shape index (κ1) is 14.1. The van der Waals surface area contributed by atoms with Gasteiger partial charge in [0, 0.05) is 11.5 Å². The Balaban J connectivity index is 3.03. The maximum Gasteiger partial charge on any atom is 0.416 e. The number of esters is 1. The van der Waals surface area contributed by atoms with Crippen LogP contribution in [0.5, 0.6) is 0 Å². The standard InChI is InChI=1S/C13H11F3O2/c1-3-18-12(17)7-6-10-5-4-9(2)11(8-10)13(14,15)16/h4-5,8H,3H2,1-2H3. The van der Waals surface area contributed by atoms with Crippen molar-refractivity contribution >= 4 is 5.97 Å². The Bertz CT molecular complexity index is 507. The van der Waals surface area contributed by atoms with Crippen LogP contribution in [0.4, 0.5) is 13.2 Å². The van der Waals surface area contributed by atoms with Gasteiger partial charge in [0.2, 0.25) is 0 Å². The van der Waals surface area contributed by atoms with Gasteiger partial charge in [-0.25, -0.2) is 4.79 Å². The number of rotatable bonds is 1. The van der Waals surface area contributed by atoms with Gasteiger partial charge in [-0.3, -0.25) is 0 Å². The molecule has 96 valence electrons. The molecule has 18 heavy (non-hydrogen) atoms. The molecule has 0 spiro atoms. The molecule has 1 rings (SSSR count). The third-order valence-electron chi connectivity index (χ3n) is 2.13. The van der Waals surface area contributed by atoms with Gasteiger partial charge in [-0.15, -0.1) is 0 Å². The molecule has 0 aromatic heterocycles. The zero-order valence-corrected chi connectivity index (χ0v) is 9.89. The van der Waals surface area contributed by atoms with Crippen LogP contribution in [0.25, 0.3) is 0 Å². The SMILES string of the molecule is CCOC(=O)C#Cc1ccc(C)c(C(F)(F)F)c1. The molecule has 0 aliphatic rings. The fourth-order valence-corrected chi connectivity index (χ4v) is 1.30. The third kappa shape index (κ3) is 3.81. The molecule has 1 aromatic rings. The molecule has 0 fully saturated rings. The average Bonchev–Trinajstić information content (AvgIpc) is 2.27. The van der Waals surface area contributed by atoms with E-state index in [0.29, 0.717) is 0 Å². The second-order valence-corrected chi connectivity index (χ2v) is 3.50. The van der Waals surface area contributed by atoms with E-state index >= 15 is 0 Å². The normalized spacial score (nSPS) is 10.5. The zero-order chi connectivity index (χ0) is 13.8. The van der Waals surface area contributed by atoms with Crippen molar-refractivity contribution in [2.75, 3.05) is 6.61 Å². The van der Waals surface area contributed by atoms with E-state index in [-0.39, 0.29) is 17.7 Å². The number of halogens is 3. The van der Waals surface area contributed by atoms with E-state index < -0.39 is 17.7 Å². The van der Waals surface area contributed by atoms with Gasteiger partial charge in [-0.1, -0.05) is 12.0 Å². The number of carbonyl (C=O) groups is 1. The number of alkyl halides is 3. The first-order valence-corrected chi connectivity index (χ1v) is 5.21. The van der Waals surface area contributed by atoms with Crippen molar-refractivity contribution in [2.24, 2.45) is 0 Å². The smallest absolute Gasteiger partial charge is 0.416 e. The monoisotopic (exact) mass is 256 g/mol. The van der Waals surface area contributed by atoms with Crippen molar-refractivity contribution < 1.29 is 22.7 Å². The number of ether oxygens (including phenoxy) is 1.